The molecule has 0 amide bonds. The molecule has 0 fully saturated rings. The summed E-state index contributed by atoms with van der Waals surface area (Å²) in [5.41, 5.74) is 5.81. The second-order valence-electron chi connectivity index (χ2n) is 3.30. The first-order valence-corrected chi connectivity index (χ1v) is 4.58. The van der Waals surface area contributed by atoms with Crippen molar-refractivity contribution in [3.05, 3.63) is 0 Å². The third kappa shape index (κ3) is 5.22. The maximum atomic E-state index is 8.63. The Morgan fingerprint density at radius 2 is 2.00 bits per heavy atom. The van der Waals surface area contributed by atoms with Crippen molar-refractivity contribution in [3.8, 4) is 0 Å². The number of hydrogen-bond acceptors (Lipinski definition) is 2. The smallest absolute Gasteiger partial charge is 0.0445 e. The molecule has 0 aliphatic carbocycles. The summed E-state index contributed by atoms with van der Waals surface area (Å²) in [6.45, 7) is 4.57. The lowest BCUT2D eigenvalue weighted by Gasteiger charge is -2.18. The minimum Gasteiger partial charge on any atom is -0.396 e. The van der Waals surface area contributed by atoms with Crippen LogP contribution in [0.15, 0.2) is 0 Å². The summed E-state index contributed by atoms with van der Waals surface area (Å²) in [6.07, 6.45) is 4.42. The summed E-state index contributed by atoms with van der Waals surface area (Å²) >= 11 is 0. The lowest BCUT2D eigenvalue weighted by atomic mass is 9.95. The van der Waals surface area contributed by atoms with Gasteiger partial charge in [-0.25, -0.2) is 0 Å². The van der Waals surface area contributed by atoms with Gasteiger partial charge in [0.05, 0.1) is 0 Å². The van der Waals surface area contributed by atoms with Gasteiger partial charge in [-0.1, -0.05) is 26.7 Å². The Hall–Kier alpha value is -0.0800. The second kappa shape index (κ2) is 6.62. The molecule has 11 heavy (non-hydrogen) atoms. The highest BCUT2D eigenvalue weighted by Crippen LogP contribution is 2.12. The predicted molar refractivity (Wildman–Crippen MR) is 48.4 cm³/mol. The van der Waals surface area contributed by atoms with Gasteiger partial charge in [0.15, 0.2) is 0 Å². The van der Waals surface area contributed by atoms with Crippen molar-refractivity contribution < 1.29 is 5.11 Å². The molecular weight excluding hydrogens is 138 g/mol. The zero-order chi connectivity index (χ0) is 8.69. The first kappa shape index (κ1) is 10.9. The third-order valence-electron chi connectivity index (χ3n) is 2.21. The van der Waals surface area contributed by atoms with Gasteiger partial charge in [-0.15, -0.1) is 0 Å². The summed E-state index contributed by atoms with van der Waals surface area (Å²) in [7, 11) is 0. The summed E-state index contributed by atoms with van der Waals surface area (Å²) in [5, 5.41) is 8.63. The first-order chi connectivity index (χ1) is 5.22. The quantitative estimate of drug-likeness (QED) is 0.617. The van der Waals surface area contributed by atoms with E-state index >= 15 is 0 Å². The van der Waals surface area contributed by atoms with Crippen molar-refractivity contribution in [1.29, 1.82) is 0 Å². The van der Waals surface area contributed by atoms with Crippen LogP contribution in [0.5, 0.6) is 0 Å². The Bertz CT molecular complexity index is 85.6. The standard InChI is InChI=1S/C9H21NO/c1-3-4-5-8(2)9(10)6-7-11/h8-9,11H,3-7,10H2,1-2H3. The maximum Gasteiger partial charge on any atom is 0.0445 e. The summed E-state index contributed by atoms with van der Waals surface area (Å²) in [6, 6.07) is 0.187. The van der Waals surface area contributed by atoms with Crippen molar-refractivity contribution in [1.82, 2.24) is 0 Å². The molecule has 2 heteroatoms. The van der Waals surface area contributed by atoms with E-state index in [2.05, 4.69) is 13.8 Å². The average molecular weight is 159 g/mol. The van der Waals surface area contributed by atoms with Gasteiger partial charge in [0.2, 0.25) is 0 Å². The van der Waals surface area contributed by atoms with Crippen molar-refractivity contribution in [2.75, 3.05) is 6.61 Å². The van der Waals surface area contributed by atoms with Gasteiger partial charge in [-0.05, 0) is 18.8 Å². The molecule has 0 aliphatic rings. The van der Waals surface area contributed by atoms with Crippen LogP contribution in [0.25, 0.3) is 0 Å². The minimum atomic E-state index is 0.187. The molecule has 0 aromatic heterocycles. The van der Waals surface area contributed by atoms with Gasteiger partial charge in [-0.3, -0.25) is 0 Å². The van der Waals surface area contributed by atoms with Crippen molar-refractivity contribution in [2.24, 2.45) is 11.7 Å². The summed E-state index contributed by atoms with van der Waals surface area (Å²) < 4.78 is 0. The van der Waals surface area contributed by atoms with Gasteiger partial charge in [0, 0.05) is 12.6 Å². The molecule has 0 spiro atoms. The number of unbranched alkanes of at least 4 members (excludes halogenated alkanes) is 1. The fraction of sp³-hybridized carbons (Fsp3) is 1.00. The van der Waals surface area contributed by atoms with E-state index < -0.39 is 0 Å². The van der Waals surface area contributed by atoms with Crippen molar-refractivity contribution >= 4 is 0 Å². The van der Waals surface area contributed by atoms with E-state index in [1.807, 2.05) is 0 Å². The zero-order valence-corrected chi connectivity index (χ0v) is 7.71. The van der Waals surface area contributed by atoms with E-state index in [1.54, 1.807) is 0 Å². The van der Waals surface area contributed by atoms with Crippen LogP contribution in [-0.4, -0.2) is 17.8 Å². The Labute approximate surface area is 69.8 Å². The fourth-order valence-corrected chi connectivity index (χ4v) is 1.17. The third-order valence-corrected chi connectivity index (χ3v) is 2.21. The van der Waals surface area contributed by atoms with Crippen LogP contribution in [0.1, 0.15) is 39.5 Å². The molecule has 2 unspecified atom stereocenters. The topological polar surface area (TPSA) is 46.2 Å². The van der Waals surface area contributed by atoms with Crippen LogP contribution in [0, 0.1) is 5.92 Å². The molecule has 0 heterocycles. The van der Waals surface area contributed by atoms with Gasteiger partial charge in [0.1, 0.15) is 0 Å². The average Bonchev–Trinajstić information content (AvgIpc) is 2.00. The normalized spacial score (nSPS) is 16.4. The Balaban J connectivity index is 3.38. The molecule has 0 saturated heterocycles. The fourth-order valence-electron chi connectivity index (χ4n) is 1.17. The van der Waals surface area contributed by atoms with E-state index in [0.717, 1.165) is 6.42 Å². The van der Waals surface area contributed by atoms with E-state index in [-0.39, 0.29) is 12.6 Å². The number of nitrogens with two attached hydrogens (primary N) is 1. The number of hydrogen-bond donors (Lipinski definition) is 2. The highest BCUT2D eigenvalue weighted by atomic mass is 16.3. The molecule has 3 N–H and O–H groups in total. The molecule has 0 aliphatic heterocycles. The number of rotatable bonds is 6. The summed E-state index contributed by atoms with van der Waals surface area (Å²) in [4.78, 5) is 0. The van der Waals surface area contributed by atoms with Crippen LogP contribution in [-0.2, 0) is 0 Å². The van der Waals surface area contributed by atoms with Gasteiger partial charge in [0.25, 0.3) is 0 Å². The molecule has 0 aromatic carbocycles. The summed E-state index contributed by atoms with van der Waals surface area (Å²) in [5.74, 6) is 0.558. The van der Waals surface area contributed by atoms with Crippen LogP contribution < -0.4 is 5.73 Å². The molecule has 2 nitrogen and oxygen atoms in total. The molecular formula is C9H21NO. The largest absolute Gasteiger partial charge is 0.396 e. The lowest BCUT2D eigenvalue weighted by Crippen LogP contribution is -2.29. The number of aliphatic hydroxyl groups excluding tert-OH is 1. The molecule has 0 aromatic rings. The van der Waals surface area contributed by atoms with Gasteiger partial charge >= 0.3 is 0 Å². The molecule has 0 radical (unpaired) electrons. The maximum absolute atomic E-state index is 8.63. The number of aliphatic hydroxyl groups is 1. The second-order valence-corrected chi connectivity index (χ2v) is 3.30. The minimum absolute atomic E-state index is 0.187. The zero-order valence-electron chi connectivity index (χ0n) is 7.71. The van der Waals surface area contributed by atoms with E-state index in [1.165, 1.54) is 19.3 Å². The lowest BCUT2D eigenvalue weighted by molar-refractivity contribution is 0.254. The van der Waals surface area contributed by atoms with Crippen LogP contribution in [0.3, 0.4) is 0 Å². The van der Waals surface area contributed by atoms with Gasteiger partial charge < -0.3 is 10.8 Å². The highest BCUT2D eigenvalue weighted by Gasteiger charge is 2.10. The van der Waals surface area contributed by atoms with Crippen LogP contribution >= 0.6 is 0 Å². The van der Waals surface area contributed by atoms with E-state index in [4.69, 9.17) is 10.8 Å². The highest BCUT2D eigenvalue weighted by molar-refractivity contribution is 4.68. The van der Waals surface area contributed by atoms with E-state index in [9.17, 15) is 0 Å². The van der Waals surface area contributed by atoms with Crippen molar-refractivity contribution in [2.45, 2.75) is 45.6 Å². The van der Waals surface area contributed by atoms with Gasteiger partial charge in [-0.2, -0.15) is 0 Å². The Morgan fingerprint density at radius 3 is 2.45 bits per heavy atom. The molecule has 2 atom stereocenters. The van der Waals surface area contributed by atoms with Crippen LogP contribution in [0.2, 0.25) is 0 Å². The predicted octanol–water partition coefficient (Wildman–Crippen LogP) is 1.52. The molecule has 0 rings (SSSR count). The first-order valence-electron chi connectivity index (χ1n) is 4.58. The SMILES string of the molecule is CCCCC(C)C(N)CCO. The van der Waals surface area contributed by atoms with Crippen molar-refractivity contribution in [3.63, 3.8) is 0 Å². The molecule has 0 bridgehead atoms. The van der Waals surface area contributed by atoms with E-state index in [0.29, 0.717) is 5.92 Å². The molecule has 0 saturated carbocycles. The Kier molecular flexibility index (Phi) is 6.57. The Morgan fingerprint density at radius 1 is 1.36 bits per heavy atom. The molecule has 68 valence electrons. The monoisotopic (exact) mass is 159 g/mol. The van der Waals surface area contributed by atoms with Crippen LogP contribution in [0.4, 0.5) is 0 Å².